The minimum atomic E-state index is 0.476. The van der Waals surface area contributed by atoms with Gasteiger partial charge in [-0.2, -0.15) is 0 Å². The molecule has 1 heterocycles. The Morgan fingerprint density at radius 3 is 2.47 bits per heavy atom. The van der Waals surface area contributed by atoms with Crippen molar-refractivity contribution >= 4 is 27.5 Å². The lowest BCUT2D eigenvalue weighted by molar-refractivity contribution is 0.887. The maximum absolute atomic E-state index is 4.19. The van der Waals surface area contributed by atoms with E-state index in [2.05, 4.69) is 51.5 Å². The number of nitrogens with zero attached hydrogens (tertiary/aromatic N) is 2. The van der Waals surface area contributed by atoms with Crippen LogP contribution in [0.3, 0.4) is 0 Å². The average Bonchev–Trinajstić information content (AvgIpc) is 2.67. The minimum Gasteiger partial charge on any atom is -0.138 e. The van der Waals surface area contributed by atoms with E-state index in [9.17, 15) is 0 Å². The van der Waals surface area contributed by atoms with Crippen LogP contribution in [0.25, 0.3) is 11.3 Å². The third-order valence-corrected chi connectivity index (χ3v) is 3.71. The number of hydrogen-bond donors (Lipinski definition) is 0. The van der Waals surface area contributed by atoms with Gasteiger partial charge in [-0.1, -0.05) is 46.4 Å². The van der Waals surface area contributed by atoms with E-state index in [1.807, 2.05) is 12.1 Å². The minimum absolute atomic E-state index is 0.476. The van der Waals surface area contributed by atoms with E-state index in [0.29, 0.717) is 5.92 Å². The van der Waals surface area contributed by atoms with Crippen molar-refractivity contribution in [1.82, 2.24) is 9.59 Å². The van der Waals surface area contributed by atoms with Crippen LogP contribution in [0.2, 0.25) is 0 Å². The predicted octanol–water partition coefficient (Wildman–Crippen LogP) is 4.09. The highest BCUT2D eigenvalue weighted by molar-refractivity contribution is 9.10. The number of halogens is 1. The van der Waals surface area contributed by atoms with Gasteiger partial charge in [-0.3, -0.25) is 0 Å². The molecule has 78 valence electrons. The van der Waals surface area contributed by atoms with E-state index < -0.39 is 0 Å². The molecule has 2 aromatic rings. The van der Waals surface area contributed by atoms with Crippen molar-refractivity contribution in [3.63, 3.8) is 0 Å². The van der Waals surface area contributed by atoms with Gasteiger partial charge in [-0.05, 0) is 29.6 Å². The third-order valence-electron chi connectivity index (χ3n) is 2.16. The summed E-state index contributed by atoms with van der Waals surface area (Å²) in [5.41, 5.74) is 2.15. The Morgan fingerprint density at radius 2 is 1.87 bits per heavy atom. The van der Waals surface area contributed by atoms with Crippen molar-refractivity contribution in [3.05, 3.63) is 33.6 Å². The normalized spacial score (nSPS) is 10.9. The maximum Gasteiger partial charge on any atom is 0.109 e. The lowest BCUT2D eigenvalue weighted by atomic mass is 10.1. The number of hydrogen-bond acceptors (Lipinski definition) is 3. The zero-order valence-electron chi connectivity index (χ0n) is 8.57. The second-order valence-electron chi connectivity index (χ2n) is 3.65. The molecular weight excluding hydrogens is 272 g/mol. The molecule has 4 heteroatoms. The summed E-state index contributed by atoms with van der Waals surface area (Å²) in [6.45, 7) is 4.33. The molecule has 0 aliphatic rings. The first kappa shape index (κ1) is 10.8. The zero-order chi connectivity index (χ0) is 10.8. The van der Waals surface area contributed by atoms with Gasteiger partial charge in [0, 0.05) is 10.0 Å². The Bertz CT molecular complexity index is 448. The first-order chi connectivity index (χ1) is 7.18. The highest BCUT2D eigenvalue weighted by atomic mass is 79.9. The second-order valence-corrected chi connectivity index (χ2v) is 5.35. The highest BCUT2D eigenvalue weighted by Gasteiger charge is 2.12. The van der Waals surface area contributed by atoms with E-state index in [1.54, 1.807) is 0 Å². The molecular formula is C11H11BrN2S. The molecule has 0 amide bonds. The summed E-state index contributed by atoms with van der Waals surface area (Å²) < 4.78 is 5.11. The van der Waals surface area contributed by atoms with Crippen molar-refractivity contribution in [2.24, 2.45) is 0 Å². The van der Waals surface area contributed by atoms with Gasteiger partial charge >= 0.3 is 0 Å². The molecule has 0 atom stereocenters. The first-order valence-corrected chi connectivity index (χ1v) is 6.33. The van der Waals surface area contributed by atoms with Crippen LogP contribution in [-0.2, 0) is 0 Å². The third kappa shape index (κ3) is 2.26. The Labute approximate surface area is 102 Å². The fourth-order valence-corrected chi connectivity index (χ4v) is 2.32. The summed E-state index contributed by atoms with van der Waals surface area (Å²) in [7, 11) is 0. The van der Waals surface area contributed by atoms with Gasteiger partial charge in [0.05, 0.1) is 4.88 Å². The van der Waals surface area contributed by atoms with Gasteiger partial charge in [-0.25, -0.2) is 0 Å². The van der Waals surface area contributed by atoms with Gasteiger partial charge in [0.15, 0.2) is 0 Å². The first-order valence-electron chi connectivity index (χ1n) is 4.76. The molecule has 0 aliphatic carbocycles. The monoisotopic (exact) mass is 282 g/mol. The fraction of sp³-hybridized carbons (Fsp3) is 0.273. The molecule has 0 saturated carbocycles. The Morgan fingerprint density at radius 1 is 1.20 bits per heavy atom. The summed E-state index contributed by atoms with van der Waals surface area (Å²) in [4.78, 5) is 1.25. The molecule has 1 aromatic heterocycles. The van der Waals surface area contributed by atoms with Gasteiger partial charge in [0.1, 0.15) is 5.69 Å². The summed E-state index contributed by atoms with van der Waals surface area (Å²) in [6, 6.07) is 8.18. The Kier molecular flexibility index (Phi) is 3.17. The van der Waals surface area contributed by atoms with E-state index >= 15 is 0 Å². The topological polar surface area (TPSA) is 25.8 Å². The van der Waals surface area contributed by atoms with Crippen molar-refractivity contribution in [2.45, 2.75) is 19.8 Å². The smallest absolute Gasteiger partial charge is 0.109 e. The van der Waals surface area contributed by atoms with Crippen LogP contribution < -0.4 is 0 Å². The van der Waals surface area contributed by atoms with Crippen LogP contribution in [0.5, 0.6) is 0 Å². The lowest BCUT2D eigenvalue weighted by Crippen LogP contribution is -1.87. The van der Waals surface area contributed by atoms with Crippen LogP contribution in [0, 0.1) is 0 Å². The molecule has 0 radical (unpaired) electrons. The molecule has 15 heavy (non-hydrogen) atoms. The summed E-state index contributed by atoms with van der Waals surface area (Å²) in [5.74, 6) is 0.476. The lowest BCUT2D eigenvalue weighted by Gasteiger charge is -2.03. The quantitative estimate of drug-likeness (QED) is 0.829. The van der Waals surface area contributed by atoms with E-state index in [-0.39, 0.29) is 0 Å². The van der Waals surface area contributed by atoms with Gasteiger partial charge in [0.2, 0.25) is 0 Å². The molecule has 0 aliphatic heterocycles. The van der Waals surface area contributed by atoms with E-state index in [4.69, 9.17) is 0 Å². The molecule has 2 nitrogen and oxygen atoms in total. The number of benzene rings is 1. The standard InChI is InChI=1S/C11H11BrN2S/c1-7(2)11-10(13-14-15-11)8-3-5-9(12)6-4-8/h3-7H,1-2H3. The van der Waals surface area contributed by atoms with Crippen LogP contribution >= 0.6 is 27.5 Å². The van der Waals surface area contributed by atoms with Crippen LogP contribution in [-0.4, -0.2) is 9.59 Å². The molecule has 2 rings (SSSR count). The molecule has 0 bridgehead atoms. The summed E-state index contributed by atoms with van der Waals surface area (Å²) in [5, 5.41) is 4.19. The van der Waals surface area contributed by atoms with Crippen molar-refractivity contribution < 1.29 is 0 Å². The van der Waals surface area contributed by atoms with Crippen molar-refractivity contribution in [1.29, 1.82) is 0 Å². The van der Waals surface area contributed by atoms with Crippen LogP contribution in [0.15, 0.2) is 28.7 Å². The van der Waals surface area contributed by atoms with Crippen LogP contribution in [0.1, 0.15) is 24.6 Å². The van der Waals surface area contributed by atoms with E-state index in [1.165, 1.54) is 16.4 Å². The summed E-state index contributed by atoms with van der Waals surface area (Å²) in [6.07, 6.45) is 0. The van der Waals surface area contributed by atoms with Gasteiger partial charge in [0.25, 0.3) is 0 Å². The molecule has 0 spiro atoms. The average molecular weight is 283 g/mol. The second kappa shape index (κ2) is 4.41. The molecule has 0 unspecified atom stereocenters. The maximum atomic E-state index is 4.19. The molecule has 0 N–H and O–H groups in total. The van der Waals surface area contributed by atoms with Gasteiger partial charge < -0.3 is 0 Å². The summed E-state index contributed by atoms with van der Waals surface area (Å²) >= 11 is 4.91. The van der Waals surface area contributed by atoms with Crippen molar-refractivity contribution in [3.8, 4) is 11.3 Å². The number of rotatable bonds is 2. The Hall–Kier alpha value is -0.740. The SMILES string of the molecule is CC(C)c1snnc1-c1ccc(Br)cc1. The van der Waals surface area contributed by atoms with Crippen molar-refractivity contribution in [2.75, 3.05) is 0 Å². The zero-order valence-corrected chi connectivity index (χ0v) is 11.0. The fourth-order valence-electron chi connectivity index (χ4n) is 1.38. The highest BCUT2D eigenvalue weighted by Crippen LogP contribution is 2.30. The van der Waals surface area contributed by atoms with Crippen LogP contribution in [0.4, 0.5) is 0 Å². The van der Waals surface area contributed by atoms with E-state index in [0.717, 1.165) is 15.7 Å². The Balaban J connectivity index is 2.45. The predicted molar refractivity (Wildman–Crippen MR) is 67.1 cm³/mol. The molecule has 0 fully saturated rings. The molecule has 0 saturated heterocycles. The number of aromatic nitrogens is 2. The molecule has 1 aromatic carbocycles. The largest absolute Gasteiger partial charge is 0.138 e. The van der Waals surface area contributed by atoms with Gasteiger partial charge in [-0.15, -0.1) is 5.10 Å².